The van der Waals surface area contributed by atoms with Gasteiger partial charge in [-0.25, -0.2) is 4.98 Å². The van der Waals surface area contributed by atoms with Crippen LogP contribution >= 0.6 is 11.6 Å². The Morgan fingerprint density at radius 2 is 1.71 bits per heavy atom. The second kappa shape index (κ2) is 11.3. The summed E-state index contributed by atoms with van der Waals surface area (Å²) in [5, 5.41) is 12.7. The number of anilines is 2. The Kier molecular flexibility index (Phi) is 7.13. The van der Waals surface area contributed by atoms with Gasteiger partial charge in [-0.1, -0.05) is 29.8 Å². The number of halogens is 1. The summed E-state index contributed by atoms with van der Waals surface area (Å²) in [5.74, 6) is 1.79. The molecule has 6 rings (SSSR count). The SMILES string of the molecule is COc1ccc(Cn2cnc3nc(Nc4ccc(C#N)cc4)nc(Oc4ccc(-c5ccncc5)cc4Cl)c32)cc1. The molecule has 10 heteroatoms. The largest absolute Gasteiger partial charge is 0.497 e. The topological polar surface area (TPSA) is 111 Å². The number of benzene rings is 3. The van der Waals surface area contributed by atoms with Crippen LogP contribution in [0.4, 0.5) is 11.6 Å². The smallest absolute Gasteiger partial charge is 0.250 e. The molecule has 0 atom stereocenters. The molecule has 0 spiro atoms. The van der Waals surface area contributed by atoms with Gasteiger partial charge in [0.25, 0.3) is 5.88 Å². The molecule has 3 aromatic carbocycles. The predicted molar refractivity (Wildman–Crippen MR) is 157 cm³/mol. The van der Waals surface area contributed by atoms with Gasteiger partial charge in [-0.2, -0.15) is 15.2 Å². The van der Waals surface area contributed by atoms with Crippen molar-refractivity contribution in [1.82, 2.24) is 24.5 Å². The number of hydrogen-bond donors (Lipinski definition) is 1. The van der Waals surface area contributed by atoms with Crippen LogP contribution in [0, 0.1) is 11.3 Å². The van der Waals surface area contributed by atoms with Crippen LogP contribution in [0.5, 0.6) is 17.4 Å². The van der Waals surface area contributed by atoms with Crippen LogP contribution in [0.3, 0.4) is 0 Å². The van der Waals surface area contributed by atoms with Crippen LogP contribution in [0.25, 0.3) is 22.3 Å². The third-order valence-electron chi connectivity index (χ3n) is 6.37. The van der Waals surface area contributed by atoms with Crippen LogP contribution < -0.4 is 14.8 Å². The van der Waals surface area contributed by atoms with Crippen LogP contribution in [-0.2, 0) is 6.54 Å². The lowest BCUT2D eigenvalue weighted by molar-refractivity contribution is 0.414. The summed E-state index contributed by atoms with van der Waals surface area (Å²) in [5.41, 5.74) is 5.29. The molecule has 0 amide bonds. The van der Waals surface area contributed by atoms with Crippen molar-refractivity contribution in [3.8, 4) is 34.6 Å². The summed E-state index contributed by atoms with van der Waals surface area (Å²) < 4.78 is 13.6. The van der Waals surface area contributed by atoms with Crippen molar-refractivity contribution in [2.24, 2.45) is 0 Å². The molecule has 0 bridgehead atoms. The zero-order valence-electron chi connectivity index (χ0n) is 21.8. The summed E-state index contributed by atoms with van der Waals surface area (Å²) in [6.45, 7) is 0.511. The number of pyridine rings is 1. The van der Waals surface area contributed by atoms with Crippen molar-refractivity contribution >= 4 is 34.4 Å². The van der Waals surface area contributed by atoms with Crippen molar-refractivity contribution in [3.05, 3.63) is 114 Å². The first-order valence-electron chi connectivity index (χ1n) is 12.6. The van der Waals surface area contributed by atoms with Crippen molar-refractivity contribution in [2.75, 3.05) is 12.4 Å². The van der Waals surface area contributed by atoms with E-state index in [0.29, 0.717) is 39.7 Å². The van der Waals surface area contributed by atoms with Crippen molar-refractivity contribution in [3.63, 3.8) is 0 Å². The quantitative estimate of drug-likeness (QED) is 0.212. The summed E-state index contributed by atoms with van der Waals surface area (Å²) in [7, 11) is 1.64. The van der Waals surface area contributed by atoms with E-state index in [2.05, 4.69) is 26.3 Å². The molecule has 1 N–H and O–H groups in total. The Bertz CT molecular complexity index is 1870. The molecule has 0 saturated carbocycles. The van der Waals surface area contributed by atoms with E-state index in [4.69, 9.17) is 31.3 Å². The Morgan fingerprint density at radius 1 is 0.927 bits per heavy atom. The molecule has 0 radical (unpaired) electrons. The Labute approximate surface area is 240 Å². The van der Waals surface area contributed by atoms with Gasteiger partial charge in [0, 0.05) is 24.6 Å². The first kappa shape index (κ1) is 25.8. The fraction of sp³-hybridized carbons (Fsp3) is 0.0645. The fourth-order valence-corrected chi connectivity index (χ4v) is 4.51. The van der Waals surface area contributed by atoms with E-state index in [1.165, 1.54) is 0 Å². The van der Waals surface area contributed by atoms with Crippen LogP contribution in [0.2, 0.25) is 5.02 Å². The zero-order chi connectivity index (χ0) is 28.2. The number of ether oxygens (including phenoxy) is 2. The molecule has 3 heterocycles. The van der Waals surface area contributed by atoms with Crippen LogP contribution in [0.1, 0.15) is 11.1 Å². The van der Waals surface area contributed by atoms with E-state index < -0.39 is 0 Å². The Morgan fingerprint density at radius 3 is 2.41 bits per heavy atom. The lowest BCUT2D eigenvalue weighted by atomic mass is 10.1. The highest BCUT2D eigenvalue weighted by Gasteiger charge is 2.18. The second-order valence-electron chi connectivity index (χ2n) is 9.04. The van der Waals surface area contributed by atoms with Gasteiger partial charge < -0.3 is 19.4 Å². The highest BCUT2D eigenvalue weighted by Crippen LogP contribution is 2.36. The summed E-state index contributed by atoms with van der Waals surface area (Å²) >= 11 is 6.69. The van der Waals surface area contributed by atoms with Gasteiger partial charge in [0.1, 0.15) is 11.5 Å². The van der Waals surface area contributed by atoms with E-state index in [-0.39, 0.29) is 11.8 Å². The van der Waals surface area contributed by atoms with Crippen LogP contribution in [-0.4, -0.2) is 31.6 Å². The zero-order valence-corrected chi connectivity index (χ0v) is 22.6. The molecule has 3 aromatic heterocycles. The van der Waals surface area contributed by atoms with Gasteiger partial charge in [0.15, 0.2) is 11.2 Å². The Balaban J connectivity index is 1.38. The normalized spacial score (nSPS) is 10.8. The molecule has 0 saturated heterocycles. The first-order chi connectivity index (χ1) is 20.1. The third-order valence-corrected chi connectivity index (χ3v) is 6.67. The number of hydrogen-bond acceptors (Lipinski definition) is 8. The summed E-state index contributed by atoms with van der Waals surface area (Å²) in [4.78, 5) is 17.9. The molecule has 200 valence electrons. The maximum atomic E-state index is 9.11. The van der Waals surface area contributed by atoms with E-state index >= 15 is 0 Å². The highest BCUT2D eigenvalue weighted by molar-refractivity contribution is 6.32. The number of fused-ring (bicyclic) bond motifs is 1. The second-order valence-corrected chi connectivity index (χ2v) is 9.45. The van der Waals surface area contributed by atoms with Crippen LogP contribution in [0.15, 0.2) is 97.6 Å². The number of nitrogens with zero attached hydrogens (tertiary/aromatic N) is 6. The standard InChI is InChI=1S/C31H22ClN7O2/c1-40-25-9-4-21(5-10-25)18-39-19-35-29-28(39)30(38-31(37-29)36-24-7-2-20(17-33)3-8-24)41-27-11-6-23(16-26(27)32)22-12-14-34-15-13-22/h2-16,19H,18H2,1H3,(H,36,37,38). The fourth-order valence-electron chi connectivity index (χ4n) is 4.29. The van der Waals surface area contributed by atoms with Gasteiger partial charge in [-0.15, -0.1) is 0 Å². The van der Waals surface area contributed by atoms with Crippen molar-refractivity contribution in [1.29, 1.82) is 5.26 Å². The highest BCUT2D eigenvalue weighted by atomic mass is 35.5. The monoisotopic (exact) mass is 559 g/mol. The van der Waals surface area contributed by atoms with Gasteiger partial charge in [-0.05, 0) is 77.4 Å². The first-order valence-corrected chi connectivity index (χ1v) is 13.0. The molecule has 0 aliphatic heterocycles. The minimum atomic E-state index is 0.288. The molecule has 0 unspecified atom stereocenters. The molecule has 9 nitrogen and oxygen atoms in total. The molecule has 0 aliphatic rings. The van der Waals surface area contributed by atoms with Crippen molar-refractivity contribution in [2.45, 2.75) is 6.54 Å². The third kappa shape index (κ3) is 5.64. The minimum absolute atomic E-state index is 0.288. The maximum Gasteiger partial charge on any atom is 0.250 e. The van der Waals surface area contributed by atoms with E-state index in [1.54, 1.807) is 50.1 Å². The van der Waals surface area contributed by atoms with Crippen molar-refractivity contribution < 1.29 is 9.47 Å². The minimum Gasteiger partial charge on any atom is -0.497 e. The summed E-state index contributed by atoms with van der Waals surface area (Å²) in [6.07, 6.45) is 5.17. The average Bonchev–Trinajstić information content (AvgIpc) is 3.42. The number of rotatable bonds is 8. The maximum absolute atomic E-state index is 9.11. The average molecular weight is 560 g/mol. The number of imidazole rings is 1. The summed E-state index contributed by atoms with van der Waals surface area (Å²) in [6, 6.07) is 26.3. The Hall–Kier alpha value is -5.46. The number of methoxy groups -OCH3 is 1. The van der Waals surface area contributed by atoms with E-state index in [9.17, 15) is 0 Å². The number of nitriles is 1. The molecule has 0 aliphatic carbocycles. The van der Waals surface area contributed by atoms with Gasteiger partial charge in [0.05, 0.1) is 30.1 Å². The van der Waals surface area contributed by atoms with E-state index in [0.717, 1.165) is 22.4 Å². The molecule has 0 fully saturated rings. The lowest BCUT2D eigenvalue weighted by Crippen LogP contribution is -2.04. The van der Waals surface area contributed by atoms with Gasteiger partial charge in [-0.3, -0.25) is 4.98 Å². The molecular weight excluding hydrogens is 538 g/mol. The number of nitrogens with one attached hydrogen (secondary N) is 1. The molecule has 41 heavy (non-hydrogen) atoms. The van der Waals surface area contributed by atoms with Gasteiger partial charge in [0.2, 0.25) is 5.95 Å². The van der Waals surface area contributed by atoms with Gasteiger partial charge >= 0.3 is 0 Å². The lowest BCUT2D eigenvalue weighted by Gasteiger charge is -2.13. The number of aromatic nitrogens is 5. The van der Waals surface area contributed by atoms with E-state index in [1.807, 2.05) is 59.2 Å². The molecular formula is C31H22ClN7O2. The predicted octanol–water partition coefficient (Wildman–Crippen LogP) is 7.01. The molecule has 6 aromatic rings.